The molecular formula is C40H23NO2. The Morgan fingerprint density at radius 3 is 1.81 bits per heavy atom. The van der Waals surface area contributed by atoms with Crippen molar-refractivity contribution in [1.29, 1.82) is 0 Å². The Kier molecular flexibility index (Phi) is 4.45. The van der Waals surface area contributed by atoms with Gasteiger partial charge in [-0.15, -0.1) is 0 Å². The molecule has 0 unspecified atom stereocenters. The summed E-state index contributed by atoms with van der Waals surface area (Å²) in [6, 6.07) is 49.3. The fraction of sp³-hybridized carbons (Fsp3) is 0. The van der Waals surface area contributed by atoms with Gasteiger partial charge in [0.15, 0.2) is 0 Å². The maximum absolute atomic E-state index is 6.64. The summed E-state index contributed by atoms with van der Waals surface area (Å²) in [5.74, 6) is 0. The minimum atomic E-state index is 0.909. The smallest absolute Gasteiger partial charge is 0.146 e. The zero-order valence-electron chi connectivity index (χ0n) is 23.0. The minimum absolute atomic E-state index is 0.909. The van der Waals surface area contributed by atoms with Gasteiger partial charge < -0.3 is 13.4 Å². The molecule has 0 saturated carbocycles. The third-order valence-electron chi connectivity index (χ3n) is 8.99. The van der Waals surface area contributed by atoms with E-state index in [4.69, 9.17) is 8.83 Å². The molecule has 10 aromatic rings. The van der Waals surface area contributed by atoms with Gasteiger partial charge in [0.25, 0.3) is 0 Å². The zero-order chi connectivity index (χ0) is 28.1. The first kappa shape index (κ1) is 22.8. The molecule has 0 spiro atoms. The van der Waals surface area contributed by atoms with Crippen molar-refractivity contribution >= 4 is 76.5 Å². The number of furan rings is 2. The summed E-state index contributed by atoms with van der Waals surface area (Å²) in [5.41, 5.74) is 9.41. The van der Waals surface area contributed by atoms with Crippen LogP contribution >= 0.6 is 0 Å². The molecule has 0 fully saturated rings. The molecule has 0 aliphatic carbocycles. The van der Waals surface area contributed by atoms with Crippen molar-refractivity contribution in [1.82, 2.24) is 4.57 Å². The molecule has 0 saturated heterocycles. The lowest BCUT2D eigenvalue weighted by molar-refractivity contribution is 0.669. The highest BCUT2D eigenvalue weighted by molar-refractivity contribution is 6.35. The topological polar surface area (TPSA) is 31.2 Å². The second kappa shape index (κ2) is 8.37. The molecule has 3 aromatic heterocycles. The molecule has 0 aliphatic heterocycles. The van der Waals surface area contributed by atoms with Gasteiger partial charge in [0, 0.05) is 38.0 Å². The van der Waals surface area contributed by atoms with Crippen LogP contribution in [0.25, 0.3) is 93.3 Å². The maximum Gasteiger partial charge on any atom is 0.146 e. The molecular weight excluding hydrogens is 526 g/mol. The number of nitrogens with zero attached hydrogens (tertiary/aromatic N) is 1. The van der Waals surface area contributed by atoms with Gasteiger partial charge in [0.1, 0.15) is 22.3 Å². The Morgan fingerprint density at radius 1 is 0.395 bits per heavy atom. The van der Waals surface area contributed by atoms with Gasteiger partial charge >= 0.3 is 0 Å². The van der Waals surface area contributed by atoms with Crippen LogP contribution in [-0.4, -0.2) is 4.57 Å². The molecule has 0 atom stereocenters. The molecule has 7 aromatic carbocycles. The lowest BCUT2D eigenvalue weighted by Crippen LogP contribution is -1.94. The number of aromatic nitrogens is 1. The minimum Gasteiger partial charge on any atom is -0.456 e. The lowest BCUT2D eigenvalue weighted by Gasteiger charge is -2.11. The average Bonchev–Trinajstić information content (AvgIpc) is 3.74. The maximum atomic E-state index is 6.64. The van der Waals surface area contributed by atoms with Crippen molar-refractivity contribution in [2.45, 2.75) is 0 Å². The summed E-state index contributed by atoms with van der Waals surface area (Å²) in [7, 11) is 0. The number of benzene rings is 7. The van der Waals surface area contributed by atoms with E-state index >= 15 is 0 Å². The van der Waals surface area contributed by atoms with Crippen molar-refractivity contribution < 1.29 is 8.83 Å². The third kappa shape index (κ3) is 3.08. The summed E-state index contributed by atoms with van der Waals surface area (Å²) >= 11 is 0. The number of para-hydroxylation sites is 3. The van der Waals surface area contributed by atoms with E-state index < -0.39 is 0 Å². The van der Waals surface area contributed by atoms with Crippen LogP contribution in [-0.2, 0) is 0 Å². The predicted octanol–water partition coefficient (Wildman–Crippen LogP) is 11.4. The molecule has 200 valence electrons. The number of rotatable bonds is 2. The molecule has 10 rings (SSSR count). The van der Waals surface area contributed by atoms with E-state index in [0.29, 0.717) is 0 Å². The molecule has 0 bridgehead atoms. The molecule has 43 heavy (non-hydrogen) atoms. The fourth-order valence-electron chi connectivity index (χ4n) is 7.10. The van der Waals surface area contributed by atoms with Crippen molar-refractivity contribution in [2.24, 2.45) is 0 Å². The monoisotopic (exact) mass is 549 g/mol. The Hall–Kier alpha value is -5.80. The Labute approximate surface area is 245 Å². The number of hydrogen-bond donors (Lipinski definition) is 0. The molecule has 0 radical (unpaired) electrons. The van der Waals surface area contributed by atoms with Crippen LogP contribution in [0, 0.1) is 0 Å². The van der Waals surface area contributed by atoms with Gasteiger partial charge in [-0.25, -0.2) is 0 Å². The fourth-order valence-corrected chi connectivity index (χ4v) is 7.10. The van der Waals surface area contributed by atoms with E-state index in [2.05, 4.69) is 126 Å². The summed E-state index contributed by atoms with van der Waals surface area (Å²) in [5, 5.41) is 9.38. The van der Waals surface area contributed by atoms with Crippen LogP contribution in [0.5, 0.6) is 0 Å². The van der Waals surface area contributed by atoms with Crippen molar-refractivity contribution in [3.05, 3.63) is 140 Å². The van der Waals surface area contributed by atoms with Gasteiger partial charge in [-0.1, -0.05) is 97.1 Å². The molecule has 0 N–H and O–H groups in total. The second-order valence-electron chi connectivity index (χ2n) is 11.3. The highest BCUT2D eigenvalue weighted by Crippen LogP contribution is 2.45. The van der Waals surface area contributed by atoms with Crippen LogP contribution in [0.3, 0.4) is 0 Å². The summed E-state index contributed by atoms with van der Waals surface area (Å²) in [6.07, 6.45) is 0. The Morgan fingerprint density at radius 2 is 1.00 bits per heavy atom. The summed E-state index contributed by atoms with van der Waals surface area (Å²) < 4.78 is 15.2. The third-order valence-corrected chi connectivity index (χ3v) is 8.99. The van der Waals surface area contributed by atoms with E-state index in [1.54, 1.807) is 0 Å². The summed E-state index contributed by atoms with van der Waals surface area (Å²) in [4.78, 5) is 0. The van der Waals surface area contributed by atoms with E-state index in [9.17, 15) is 0 Å². The molecule has 0 amide bonds. The summed E-state index contributed by atoms with van der Waals surface area (Å²) in [6.45, 7) is 0. The van der Waals surface area contributed by atoms with E-state index in [1.807, 2.05) is 18.2 Å². The van der Waals surface area contributed by atoms with Crippen LogP contribution in [0.4, 0.5) is 0 Å². The first-order valence-corrected chi connectivity index (χ1v) is 14.6. The zero-order valence-corrected chi connectivity index (χ0v) is 23.0. The molecule has 3 heterocycles. The van der Waals surface area contributed by atoms with Crippen LogP contribution < -0.4 is 0 Å². The van der Waals surface area contributed by atoms with E-state index in [0.717, 1.165) is 66.2 Å². The van der Waals surface area contributed by atoms with Gasteiger partial charge in [-0.05, 0) is 59.0 Å². The van der Waals surface area contributed by atoms with E-state index in [1.165, 1.54) is 27.1 Å². The molecule has 0 aliphatic rings. The van der Waals surface area contributed by atoms with Crippen molar-refractivity contribution in [2.75, 3.05) is 0 Å². The standard InChI is InChI=1S/C40H23NO2/c1-2-11-30-29(10-1)37-32-13-5-8-16-35(32)43-40(37)38-31-12-3-6-14-33(31)41(39(30)38)26-20-17-24(18-21-26)25-19-22-28-27-9-4-7-15-34(27)42-36(28)23-25/h1-23H. The average molecular weight is 550 g/mol. The Bertz CT molecular complexity index is 2720. The first-order chi connectivity index (χ1) is 21.3. The van der Waals surface area contributed by atoms with Gasteiger partial charge in [0.2, 0.25) is 0 Å². The molecule has 3 nitrogen and oxygen atoms in total. The van der Waals surface area contributed by atoms with Crippen LogP contribution in [0.2, 0.25) is 0 Å². The number of fused-ring (bicyclic) bond motifs is 13. The first-order valence-electron chi connectivity index (χ1n) is 14.6. The lowest BCUT2D eigenvalue weighted by atomic mass is 9.99. The normalized spacial score (nSPS) is 12.2. The van der Waals surface area contributed by atoms with Crippen molar-refractivity contribution in [3.8, 4) is 16.8 Å². The highest BCUT2D eigenvalue weighted by Gasteiger charge is 2.22. The SMILES string of the molecule is c1ccc2c(c1)oc1cc(-c3ccc(-n4c5ccccc5c5c6oc7ccccc7c6c6ccccc6c54)cc3)ccc12. The highest BCUT2D eigenvalue weighted by atomic mass is 16.3. The van der Waals surface area contributed by atoms with Crippen molar-refractivity contribution in [3.63, 3.8) is 0 Å². The quantitative estimate of drug-likeness (QED) is 0.215. The largest absolute Gasteiger partial charge is 0.456 e. The Balaban J connectivity index is 1.23. The van der Waals surface area contributed by atoms with Gasteiger partial charge in [-0.3, -0.25) is 0 Å². The van der Waals surface area contributed by atoms with Crippen LogP contribution in [0.15, 0.2) is 148 Å². The van der Waals surface area contributed by atoms with Gasteiger partial charge in [-0.2, -0.15) is 0 Å². The second-order valence-corrected chi connectivity index (χ2v) is 11.3. The van der Waals surface area contributed by atoms with Crippen LogP contribution in [0.1, 0.15) is 0 Å². The predicted molar refractivity (Wildman–Crippen MR) is 178 cm³/mol. The molecule has 3 heteroatoms. The van der Waals surface area contributed by atoms with E-state index in [-0.39, 0.29) is 0 Å². The van der Waals surface area contributed by atoms with Gasteiger partial charge in [0.05, 0.1) is 16.4 Å². The number of hydrogen-bond acceptors (Lipinski definition) is 2.